The lowest BCUT2D eigenvalue weighted by Crippen LogP contribution is -2.11. The van der Waals surface area contributed by atoms with Gasteiger partial charge in [-0.3, -0.25) is 4.79 Å². The van der Waals surface area contributed by atoms with Crippen LogP contribution in [0.4, 0.5) is 5.69 Å². The minimum atomic E-state index is -0.419. The van der Waals surface area contributed by atoms with Gasteiger partial charge in [-0.25, -0.2) is 9.78 Å². The van der Waals surface area contributed by atoms with Crippen LogP contribution in [0.25, 0.3) is 21.5 Å². The molecule has 0 fully saturated rings. The fourth-order valence-electron chi connectivity index (χ4n) is 2.94. The summed E-state index contributed by atoms with van der Waals surface area (Å²) in [6.45, 7) is 3.64. The van der Waals surface area contributed by atoms with Crippen molar-refractivity contribution >= 4 is 45.5 Å². The van der Waals surface area contributed by atoms with Gasteiger partial charge >= 0.3 is 5.63 Å². The first-order chi connectivity index (χ1) is 13.4. The maximum absolute atomic E-state index is 12.8. The average Bonchev–Trinajstić information content (AvgIpc) is 3.03. The number of amides is 1. The lowest BCUT2D eigenvalue weighted by Gasteiger charge is -2.06. The molecule has 0 spiro atoms. The maximum Gasteiger partial charge on any atom is 0.336 e. The van der Waals surface area contributed by atoms with Crippen LogP contribution in [0, 0.1) is 13.8 Å². The van der Waals surface area contributed by atoms with Gasteiger partial charge in [0.2, 0.25) is 0 Å². The molecular formula is C21H15ClN2O3S. The van der Waals surface area contributed by atoms with Crippen molar-refractivity contribution in [2.75, 3.05) is 5.32 Å². The molecule has 4 aromatic rings. The number of anilines is 1. The highest BCUT2D eigenvalue weighted by Gasteiger charge is 2.17. The summed E-state index contributed by atoms with van der Waals surface area (Å²) >= 11 is 7.35. The molecule has 1 amide bonds. The van der Waals surface area contributed by atoms with Crippen LogP contribution in [0.2, 0.25) is 5.02 Å². The van der Waals surface area contributed by atoms with E-state index in [1.807, 2.05) is 31.2 Å². The number of hydrogen-bond donors (Lipinski definition) is 1. The van der Waals surface area contributed by atoms with Gasteiger partial charge in [0.1, 0.15) is 15.5 Å². The Balaban J connectivity index is 1.64. The molecule has 2 aromatic carbocycles. The van der Waals surface area contributed by atoms with Crippen molar-refractivity contribution in [3.05, 3.63) is 80.1 Å². The van der Waals surface area contributed by atoms with Gasteiger partial charge in [0, 0.05) is 33.8 Å². The monoisotopic (exact) mass is 410 g/mol. The number of fused-ring (bicyclic) bond motifs is 1. The quantitative estimate of drug-likeness (QED) is 0.456. The Hall–Kier alpha value is -2.96. The molecule has 0 radical (unpaired) electrons. The summed E-state index contributed by atoms with van der Waals surface area (Å²) in [6.07, 6.45) is 0. The predicted octanol–water partition coefficient (Wildman–Crippen LogP) is 5.44. The maximum atomic E-state index is 12.8. The lowest BCUT2D eigenvalue weighted by atomic mass is 10.1. The van der Waals surface area contributed by atoms with E-state index in [2.05, 4.69) is 10.3 Å². The van der Waals surface area contributed by atoms with E-state index in [9.17, 15) is 9.59 Å². The highest BCUT2D eigenvalue weighted by Crippen LogP contribution is 2.30. The minimum Gasteiger partial charge on any atom is -0.423 e. The van der Waals surface area contributed by atoms with Crippen LogP contribution in [0.3, 0.4) is 0 Å². The summed E-state index contributed by atoms with van der Waals surface area (Å²) in [6, 6.07) is 14.0. The number of hydrogen-bond acceptors (Lipinski definition) is 5. The Morgan fingerprint density at radius 3 is 2.75 bits per heavy atom. The zero-order valence-electron chi connectivity index (χ0n) is 15.1. The molecule has 7 heteroatoms. The largest absolute Gasteiger partial charge is 0.423 e. The second-order valence-corrected chi connectivity index (χ2v) is 7.79. The summed E-state index contributed by atoms with van der Waals surface area (Å²) < 4.78 is 5.24. The van der Waals surface area contributed by atoms with Gasteiger partial charge in [0.05, 0.1) is 5.69 Å². The summed E-state index contributed by atoms with van der Waals surface area (Å²) in [5, 5.41) is 5.02. The number of thiazole rings is 1. The second-order valence-electron chi connectivity index (χ2n) is 6.36. The number of carbonyl (C=O) groups is 1. The third-order valence-electron chi connectivity index (χ3n) is 4.28. The Kier molecular flexibility index (Phi) is 4.75. The first kappa shape index (κ1) is 18.4. The van der Waals surface area contributed by atoms with E-state index in [1.54, 1.807) is 25.1 Å². The fraction of sp³-hybridized carbons (Fsp3) is 0.0952. The van der Waals surface area contributed by atoms with Gasteiger partial charge in [0.15, 0.2) is 0 Å². The molecule has 0 saturated carbocycles. The molecule has 4 rings (SSSR count). The summed E-state index contributed by atoms with van der Waals surface area (Å²) in [7, 11) is 0. The zero-order valence-corrected chi connectivity index (χ0v) is 16.6. The number of rotatable bonds is 3. The Bertz CT molecular complexity index is 1280. The van der Waals surface area contributed by atoms with Crippen molar-refractivity contribution in [2.24, 2.45) is 0 Å². The van der Waals surface area contributed by atoms with E-state index in [-0.39, 0.29) is 5.91 Å². The summed E-state index contributed by atoms with van der Waals surface area (Å²) in [5.74, 6) is -0.266. The first-order valence-electron chi connectivity index (χ1n) is 8.50. The average molecular weight is 411 g/mol. The van der Waals surface area contributed by atoms with Gasteiger partial charge in [-0.2, -0.15) is 0 Å². The van der Waals surface area contributed by atoms with Crippen molar-refractivity contribution < 1.29 is 9.21 Å². The van der Waals surface area contributed by atoms with Crippen molar-refractivity contribution in [3.8, 4) is 10.6 Å². The van der Waals surface area contributed by atoms with Crippen LogP contribution in [-0.4, -0.2) is 10.9 Å². The summed E-state index contributed by atoms with van der Waals surface area (Å²) in [4.78, 5) is 29.4. The molecule has 0 saturated heterocycles. The molecule has 5 nitrogen and oxygen atoms in total. The molecule has 28 heavy (non-hydrogen) atoms. The van der Waals surface area contributed by atoms with E-state index >= 15 is 0 Å². The molecule has 0 aliphatic carbocycles. The number of halogens is 1. The number of nitrogens with zero attached hydrogens (tertiary/aromatic N) is 1. The van der Waals surface area contributed by atoms with E-state index in [4.69, 9.17) is 16.0 Å². The van der Waals surface area contributed by atoms with E-state index in [0.717, 1.165) is 21.5 Å². The molecule has 0 aliphatic heterocycles. The SMILES string of the molecule is Cc1nc(-c2cccc(Cl)c2)sc1C(=O)Nc1ccc2c(C)cc(=O)oc2c1. The van der Waals surface area contributed by atoms with Crippen LogP contribution < -0.4 is 10.9 Å². The smallest absolute Gasteiger partial charge is 0.336 e. The third kappa shape index (κ3) is 3.56. The fourth-order valence-corrected chi connectivity index (χ4v) is 4.09. The molecule has 2 heterocycles. The third-order valence-corrected chi connectivity index (χ3v) is 5.72. The normalized spacial score (nSPS) is 11.0. The van der Waals surface area contributed by atoms with E-state index in [0.29, 0.717) is 26.9 Å². The van der Waals surface area contributed by atoms with Crippen LogP contribution in [0.5, 0.6) is 0 Å². The minimum absolute atomic E-state index is 0.266. The number of aryl methyl sites for hydroxylation is 2. The predicted molar refractivity (Wildman–Crippen MR) is 112 cm³/mol. The van der Waals surface area contributed by atoms with Crippen LogP contribution >= 0.6 is 22.9 Å². The van der Waals surface area contributed by atoms with Crippen molar-refractivity contribution in [3.63, 3.8) is 0 Å². The van der Waals surface area contributed by atoms with Gasteiger partial charge in [-0.1, -0.05) is 23.7 Å². The first-order valence-corrected chi connectivity index (χ1v) is 9.69. The molecule has 2 aromatic heterocycles. The number of nitrogens with one attached hydrogen (secondary N) is 1. The van der Waals surface area contributed by atoms with Gasteiger partial charge in [0.25, 0.3) is 5.91 Å². The Morgan fingerprint density at radius 2 is 1.96 bits per heavy atom. The molecule has 0 bridgehead atoms. The Labute approximate surface area is 169 Å². The van der Waals surface area contributed by atoms with Crippen molar-refractivity contribution in [1.82, 2.24) is 4.98 Å². The zero-order chi connectivity index (χ0) is 19.8. The summed E-state index contributed by atoms with van der Waals surface area (Å²) in [5.41, 5.74) is 2.89. The van der Waals surface area contributed by atoms with Gasteiger partial charge < -0.3 is 9.73 Å². The van der Waals surface area contributed by atoms with Crippen LogP contribution in [0.1, 0.15) is 20.9 Å². The van der Waals surface area contributed by atoms with Gasteiger partial charge in [-0.05, 0) is 43.7 Å². The van der Waals surface area contributed by atoms with Crippen molar-refractivity contribution in [2.45, 2.75) is 13.8 Å². The molecule has 0 atom stereocenters. The molecule has 1 N–H and O–H groups in total. The number of benzene rings is 2. The topological polar surface area (TPSA) is 72.2 Å². The molecule has 140 valence electrons. The van der Waals surface area contributed by atoms with Crippen LogP contribution in [-0.2, 0) is 0 Å². The molecule has 0 unspecified atom stereocenters. The standard InChI is InChI=1S/C21H15ClN2O3S/c1-11-8-18(25)27-17-10-15(6-7-16(11)17)24-20(26)19-12(2)23-21(28-19)13-4-3-5-14(22)9-13/h3-10H,1-2H3,(H,24,26). The molecule has 0 aliphatic rings. The van der Waals surface area contributed by atoms with Crippen molar-refractivity contribution in [1.29, 1.82) is 0 Å². The van der Waals surface area contributed by atoms with Crippen LogP contribution in [0.15, 0.2) is 57.7 Å². The van der Waals surface area contributed by atoms with Gasteiger partial charge in [-0.15, -0.1) is 11.3 Å². The Morgan fingerprint density at radius 1 is 1.14 bits per heavy atom. The van der Waals surface area contributed by atoms with E-state index in [1.165, 1.54) is 17.4 Å². The highest BCUT2D eigenvalue weighted by molar-refractivity contribution is 7.17. The highest BCUT2D eigenvalue weighted by atomic mass is 35.5. The lowest BCUT2D eigenvalue weighted by molar-refractivity contribution is 0.103. The van der Waals surface area contributed by atoms with E-state index < -0.39 is 5.63 Å². The second kappa shape index (κ2) is 7.22. The number of aromatic nitrogens is 1. The number of carbonyl (C=O) groups excluding carboxylic acids is 1. The molecular weight excluding hydrogens is 396 g/mol.